The molecule has 3 nitrogen and oxygen atoms in total. The molecule has 0 amide bonds. The van der Waals surface area contributed by atoms with Gasteiger partial charge in [-0.1, -0.05) is 71.7 Å². The molecular weight excluding hydrogens is 445 g/mol. The summed E-state index contributed by atoms with van der Waals surface area (Å²) in [5, 5.41) is 1.93. The smallest absolute Gasteiger partial charge is 0.176 e. The molecule has 0 aliphatic carbocycles. The summed E-state index contributed by atoms with van der Waals surface area (Å²) in [6, 6.07) is 21.8. The van der Waals surface area contributed by atoms with E-state index in [1.165, 1.54) is 17.6 Å². The fourth-order valence-corrected chi connectivity index (χ4v) is 5.57. The Hall–Kier alpha value is -2.18. The van der Waals surface area contributed by atoms with Crippen LogP contribution in [0.15, 0.2) is 77.7 Å². The van der Waals surface area contributed by atoms with Crippen LogP contribution in [0.1, 0.15) is 0 Å². The molecule has 1 heterocycles. The third-order valence-corrected chi connectivity index (χ3v) is 7.24. The van der Waals surface area contributed by atoms with Gasteiger partial charge in [0, 0.05) is 28.0 Å². The maximum atomic E-state index is 12.4. The second-order valence-corrected chi connectivity index (χ2v) is 10.3. The molecule has 3 aromatic carbocycles. The van der Waals surface area contributed by atoms with Gasteiger partial charge in [0.2, 0.25) is 0 Å². The minimum atomic E-state index is -3.42. The Balaban J connectivity index is 2.01. The number of aromatic nitrogens is 1. The van der Waals surface area contributed by atoms with E-state index in [2.05, 4.69) is 0 Å². The van der Waals surface area contributed by atoms with Crippen LogP contribution in [0.5, 0.6) is 0 Å². The van der Waals surface area contributed by atoms with Crippen molar-refractivity contribution in [3.05, 3.63) is 82.8 Å². The summed E-state index contributed by atoms with van der Waals surface area (Å²) in [5.74, 6) is 0. The van der Waals surface area contributed by atoms with Crippen molar-refractivity contribution in [3.63, 3.8) is 0 Å². The molecule has 1 aromatic heterocycles. The summed E-state index contributed by atoms with van der Waals surface area (Å²) >= 11 is 13.9. The summed E-state index contributed by atoms with van der Waals surface area (Å²) in [6.45, 7) is 0. The topological polar surface area (TPSA) is 47.0 Å². The van der Waals surface area contributed by atoms with Gasteiger partial charge in [0.25, 0.3) is 0 Å². The van der Waals surface area contributed by atoms with Gasteiger partial charge in [0.15, 0.2) is 9.84 Å². The first kappa shape index (κ1) is 20.1. The number of sulfone groups is 1. The average Bonchev–Trinajstić information content (AvgIpc) is 3.13. The Kier molecular flexibility index (Phi) is 5.49. The predicted molar refractivity (Wildman–Crippen MR) is 122 cm³/mol. The molecule has 0 aliphatic rings. The highest BCUT2D eigenvalue weighted by molar-refractivity contribution is 7.90. The SMILES string of the molecule is CS(=O)(=O)c1ccccc1-c1sc(-c2ccccc2Cl)nc1-c1ccc(Cl)cc1. The van der Waals surface area contributed by atoms with Gasteiger partial charge in [0.05, 0.1) is 20.5 Å². The van der Waals surface area contributed by atoms with Gasteiger partial charge in [-0.25, -0.2) is 13.4 Å². The van der Waals surface area contributed by atoms with Crippen LogP contribution in [0.4, 0.5) is 0 Å². The molecule has 4 rings (SSSR count). The summed E-state index contributed by atoms with van der Waals surface area (Å²) in [4.78, 5) is 5.87. The zero-order valence-electron chi connectivity index (χ0n) is 15.3. The van der Waals surface area contributed by atoms with Crippen molar-refractivity contribution in [2.24, 2.45) is 0 Å². The number of benzene rings is 3. The van der Waals surface area contributed by atoms with E-state index in [4.69, 9.17) is 28.2 Å². The van der Waals surface area contributed by atoms with Crippen LogP contribution in [0.3, 0.4) is 0 Å². The highest BCUT2D eigenvalue weighted by Gasteiger charge is 2.22. The fraction of sp³-hybridized carbons (Fsp3) is 0.0455. The van der Waals surface area contributed by atoms with Crippen molar-refractivity contribution in [1.29, 1.82) is 0 Å². The second-order valence-electron chi connectivity index (χ2n) is 6.45. The molecule has 0 aliphatic heterocycles. The van der Waals surface area contributed by atoms with E-state index in [9.17, 15) is 8.42 Å². The van der Waals surface area contributed by atoms with Crippen molar-refractivity contribution in [3.8, 4) is 32.3 Å². The van der Waals surface area contributed by atoms with Gasteiger partial charge in [-0.3, -0.25) is 0 Å². The molecular formula is C22H15Cl2NO2S2. The number of hydrogen-bond acceptors (Lipinski definition) is 4. The van der Waals surface area contributed by atoms with Crippen LogP contribution < -0.4 is 0 Å². The van der Waals surface area contributed by atoms with Gasteiger partial charge >= 0.3 is 0 Å². The van der Waals surface area contributed by atoms with Crippen LogP contribution in [0.25, 0.3) is 32.3 Å². The van der Waals surface area contributed by atoms with Gasteiger partial charge in [-0.15, -0.1) is 11.3 Å². The molecule has 7 heteroatoms. The average molecular weight is 460 g/mol. The molecule has 0 saturated heterocycles. The van der Waals surface area contributed by atoms with Crippen LogP contribution >= 0.6 is 34.5 Å². The Morgan fingerprint density at radius 2 is 1.45 bits per heavy atom. The fourth-order valence-electron chi connectivity index (χ4n) is 3.03. The Morgan fingerprint density at radius 1 is 0.828 bits per heavy atom. The van der Waals surface area contributed by atoms with Crippen molar-refractivity contribution >= 4 is 44.4 Å². The van der Waals surface area contributed by atoms with Gasteiger partial charge in [0.1, 0.15) is 5.01 Å². The molecule has 0 fully saturated rings. The van der Waals surface area contributed by atoms with Crippen molar-refractivity contribution in [1.82, 2.24) is 4.98 Å². The lowest BCUT2D eigenvalue weighted by Crippen LogP contribution is -1.99. The third-order valence-electron chi connectivity index (χ3n) is 4.38. The van der Waals surface area contributed by atoms with Crippen LogP contribution in [0, 0.1) is 0 Å². The Bertz CT molecular complexity index is 1300. The lowest BCUT2D eigenvalue weighted by molar-refractivity contribution is 0.602. The summed E-state index contributed by atoms with van der Waals surface area (Å²) in [5.41, 5.74) is 2.97. The van der Waals surface area contributed by atoms with Gasteiger partial charge in [-0.2, -0.15) is 0 Å². The lowest BCUT2D eigenvalue weighted by Gasteiger charge is -2.08. The maximum Gasteiger partial charge on any atom is 0.176 e. The van der Waals surface area contributed by atoms with Crippen molar-refractivity contribution in [2.75, 3.05) is 6.26 Å². The molecule has 0 bridgehead atoms. The van der Waals surface area contributed by atoms with Crippen LogP contribution in [-0.4, -0.2) is 19.7 Å². The molecule has 29 heavy (non-hydrogen) atoms. The largest absolute Gasteiger partial charge is 0.235 e. The minimum Gasteiger partial charge on any atom is -0.235 e. The molecule has 0 unspecified atom stereocenters. The van der Waals surface area contributed by atoms with Crippen LogP contribution in [0.2, 0.25) is 10.0 Å². The molecule has 0 N–H and O–H groups in total. The molecule has 0 radical (unpaired) electrons. The summed E-state index contributed by atoms with van der Waals surface area (Å²) in [6.07, 6.45) is 1.21. The zero-order chi connectivity index (χ0) is 20.6. The van der Waals surface area contributed by atoms with E-state index in [1.54, 1.807) is 30.3 Å². The Labute approximate surface area is 183 Å². The number of thiazole rings is 1. The second kappa shape index (κ2) is 7.92. The third kappa shape index (κ3) is 4.09. The first-order chi connectivity index (χ1) is 13.8. The molecule has 4 aromatic rings. The molecule has 0 saturated carbocycles. The number of nitrogens with zero attached hydrogens (tertiary/aromatic N) is 1. The lowest BCUT2D eigenvalue weighted by atomic mass is 10.1. The highest BCUT2D eigenvalue weighted by Crippen LogP contribution is 2.44. The maximum absolute atomic E-state index is 12.4. The number of rotatable bonds is 4. The molecule has 146 valence electrons. The minimum absolute atomic E-state index is 0.268. The number of halogens is 2. The van der Waals surface area contributed by atoms with E-state index in [1.807, 2.05) is 42.5 Å². The van der Waals surface area contributed by atoms with Gasteiger partial charge < -0.3 is 0 Å². The zero-order valence-corrected chi connectivity index (χ0v) is 18.4. The Morgan fingerprint density at radius 3 is 2.10 bits per heavy atom. The molecule has 0 spiro atoms. The monoisotopic (exact) mass is 459 g/mol. The van der Waals surface area contributed by atoms with E-state index in [0.717, 1.165) is 21.0 Å². The van der Waals surface area contributed by atoms with Gasteiger partial charge in [-0.05, 0) is 24.3 Å². The van der Waals surface area contributed by atoms with E-state index >= 15 is 0 Å². The van der Waals surface area contributed by atoms with Crippen LogP contribution in [-0.2, 0) is 9.84 Å². The summed E-state index contributed by atoms with van der Waals surface area (Å²) < 4.78 is 24.8. The van der Waals surface area contributed by atoms with E-state index < -0.39 is 9.84 Å². The quantitative estimate of drug-likeness (QED) is 0.335. The standard InChI is InChI=1S/C22H15Cl2NO2S2/c1-29(26,27)19-9-5-3-7-17(19)21-20(14-10-12-15(23)13-11-14)25-22(28-21)16-6-2-4-8-18(16)24/h2-13H,1H3. The van der Waals surface area contributed by atoms with Crippen molar-refractivity contribution < 1.29 is 8.42 Å². The number of hydrogen-bond donors (Lipinski definition) is 0. The predicted octanol–water partition coefficient (Wildman–Crippen LogP) is 6.85. The first-order valence-corrected chi connectivity index (χ1v) is 12.1. The van der Waals surface area contributed by atoms with E-state index in [0.29, 0.717) is 21.3 Å². The van der Waals surface area contributed by atoms with Crippen molar-refractivity contribution in [2.45, 2.75) is 4.90 Å². The normalized spacial score (nSPS) is 11.6. The first-order valence-electron chi connectivity index (χ1n) is 8.66. The van der Waals surface area contributed by atoms with E-state index in [-0.39, 0.29) is 4.90 Å². The summed E-state index contributed by atoms with van der Waals surface area (Å²) in [7, 11) is -3.42. The molecule has 0 atom stereocenters. The highest BCUT2D eigenvalue weighted by atomic mass is 35.5.